The van der Waals surface area contributed by atoms with Crippen molar-refractivity contribution in [1.29, 1.82) is 0 Å². The topological polar surface area (TPSA) is 85.9 Å². The number of anilines is 1. The van der Waals surface area contributed by atoms with Crippen LogP contribution in [-0.4, -0.2) is 31.0 Å². The molecule has 36 heavy (non-hydrogen) atoms. The molecule has 0 saturated carbocycles. The molecule has 2 N–H and O–H groups in total. The van der Waals surface area contributed by atoms with Gasteiger partial charge in [0.25, 0.3) is 3.91 Å². The van der Waals surface area contributed by atoms with Crippen molar-refractivity contribution in [3.63, 3.8) is 0 Å². The minimum absolute atomic E-state index is 0.170. The minimum Gasteiger partial charge on any atom is -0.493 e. The van der Waals surface area contributed by atoms with Crippen LogP contribution in [0.1, 0.15) is 36.7 Å². The molecule has 7 nitrogen and oxygen atoms in total. The van der Waals surface area contributed by atoms with E-state index >= 15 is 0 Å². The van der Waals surface area contributed by atoms with Gasteiger partial charge in [-0.2, -0.15) is 0 Å². The molecule has 1 amide bonds. The molecule has 0 fully saturated rings. The van der Waals surface area contributed by atoms with Crippen LogP contribution in [0.3, 0.4) is 0 Å². The largest absolute Gasteiger partial charge is 0.493 e. The molecule has 0 spiro atoms. The van der Waals surface area contributed by atoms with Gasteiger partial charge >= 0.3 is 0 Å². The van der Waals surface area contributed by atoms with E-state index in [1.807, 2.05) is 39.0 Å². The van der Waals surface area contributed by atoms with Crippen molar-refractivity contribution in [3.05, 3.63) is 88.8 Å². The van der Waals surface area contributed by atoms with Crippen molar-refractivity contribution < 1.29 is 23.8 Å². The summed E-state index contributed by atoms with van der Waals surface area (Å²) in [4.78, 5) is 24.5. The average molecular weight is 602 g/mol. The number of carbonyl (C=O) groups excluding carboxylic acids is 2. The van der Waals surface area contributed by atoms with Crippen molar-refractivity contribution in [2.75, 3.05) is 26.6 Å². The van der Waals surface area contributed by atoms with E-state index in [0.717, 1.165) is 16.7 Å². The van der Waals surface area contributed by atoms with Crippen molar-refractivity contribution in [1.82, 2.24) is 5.32 Å². The zero-order chi connectivity index (χ0) is 26.7. The van der Waals surface area contributed by atoms with Crippen LogP contribution in [0.25, 0.3) is 6.08 Å². The normalized spacial score (nSPS) is 11.6. The predicted octanol–water partition coefficient (Wildman–Crippen LogP) is 6.92. The number of benzene rings is 2. The van der Waals surface area contributed by atoms with Crippen molar-refractivity contribution >= 4 is 44.1 Å². The highest BCUT2D eigenvalue weighted by molar-refractivity contribution is 14.1. The Balaban J connectivity index is 2.26. The van der Waals surface area contributed by atoms with E-state index in [2.05, 4.69) is 10.6 Å². The summed E-state index contributed by atoms with van der Waals surface area (Å²) >= 11 is 1.69. The lowest BCUT2D eigenvalue weighted by Gasteiger charge is -2.12. The first-order valence-corrected chi connectivity index (χ1v) is 12.1. The molecule has 2 aromatic carbocycles. The molecule has 0 bridgehead atoms. The summed E-state index contributed by atoms with van der Waals surface area (Å²) in [7, 11) is 4.62. The van der Waals surface area contributed by atoms with E-state index in [4.69, 9.17) is 14.2 Å². The van der Waals surface area contributed by atoms with Crippen LogP contribution in [0.5, 0.6) is 17.2 Å². The number of methoxy groups -OCH3 is 3. The average Bonchev–Trinajstić information content (AvgIpc) is 2.87. The molecule has 0 aromatic heterocycles. The van der Waals surface area contributed by atoms with Gasteiger partial charge in [0, 0.05) is 40.0 Å². The number of allylic oxidation sites excluding steroid dienone is 5. The third kappa shape index (κ3) is 8.60. The SMILES string of the molecule is COc1cc(/C=C/C(=O)c2cccc(N/C=C(NC(=O)I)/C(C)=C/C=C(C)C)c2)cc(OC)c1OC. The maximum Gasteiger partial charge on any atom is 0.285 e. The lowest BCUT2D eigenvalue weighted by Crippen LogP contribution is -2.17. The number of hydrogen-bond acceptors (Lipinski definition) is 6. The van der Waals surface area contributed by atoms with Gasteiger partial charge in [-0.05, 0) is 62.2 Å². The van der Waals surface area contributed by atoms with Crippen molar-refractivity contribution in [2.45, 2.75) is 20.8 Å². The molecule has 2 aromatic rings. The Hall–Kier alpha value is -3.53. The van der Waals surface area contributed by atoms with Crippen LogP contribution in [0.4, 0.5) is 10.5 Å². The Morgan fingerprint density at radius 1 is 0.917 bits per heavy atom. The van der Waals surface area contributed by atoms with Gasteiger partial charge < -0.3 is 24.8 Å². The molecular formula is C28H31IN2O5. The summed E-state index contributed by atoms with van der Waals surface area (Å²) in [5.41, 5.74) is 4.60. The first-order chi connectivity index (χ1) is 17.2. The van der Waals surface area contributed by atoms with Gasteiger partial charge in [-0.1, -0.05) is 35.9 Å². The van der Waals surface area contributed by atoms with Gasteiger partial charge in [-0.15, -0.1) is 0 Å². The first kappa shape index (κ1) is 28.7. The third-order valence-corrected chi connectivity index (χ3v) is 5.24. The Morgan fingerprint density at radius 2 is 1.58 bits per heavy atom. The number of hydrogen-bond donors (Lipinski definition) is 2. The van der Waals surface area contributed by atoms with Crippen LogP contribution < -0.4 is 24.8 Å². The molecule has 190 valence electrons. The third-order valence-electron chi connectivity index (χ3n) is 4.97. The molecule has 0 aliphatic carbocycles. The van der Waals surface area contributed by atoms with Gasteiger partial charge in [0.05, 0.1) is 27.0 Å². The van der Waals surface area contributed by atoms with Crippen LogP contribution in [0, 0.1) is 0 Å². The smallest absolute Gasteiger partial charge is 0.285 e. The summed E-state index contributed by atoms with van der Waals surface area (Å²) < 4.78 is 15.9. The molecule has 2 rings (SSSR count). The van der Waals surface area contributed by atoms with E-state index in [9.17, 15) is 9.59 Å². The highest BCUT2D eigenvalue weighted by Crippen LogP contribution is 2.38. The maximum absolute atomic E-state index is 12.9. The quantitative estimate of drug-likeness (QED) is 0.0726. The van der Waals surface area contributed by atoms with Gasteiger partial charge in [0.1, 0.15) is 0 Å². The molecule has 0 atom stereocenters. The van der Waals surface area contributed by atoms with Gasteiger partial charge in [0.15, 0.2) is 17.3 Å². The van der Waals surface area contributed by atoms with E-state index in [1.165, 1.54) is 13.2 Å². The van der Waals surface area contributed by atoms with E-state index in [1.54, 1.807) is 79.4 Å². The van der Waals surface area contributed by atoms with Gasteiger partial charge in [0.2, 0.25) is 5.75 Å². The lowest BCUT2D eigenvalue weighted by atomic mass is 10.1. The molecule has 0 unspecified atom stereocenters. The number of ketones is 1. The van der Waals surface area contributed by atoms with Gasteiger partial charge in [-0.25, -0.2) is 0 Å². The fourth-order valence-corrected chi connectivity index (χ4v) is 3.41. The number of carbonyl (C=O) groups is 2. The molecule has 0 saturated heterocycles. The summed E-state index contributed by atoms with van der Waals surface area (Å²) in [6.45, 7) is 5.91. The molecule has 0 aliphatic rings. The van der Waals surface area contributed by atoms with E-state index in [-0.39, 0.29) is 9.70 Å². The Kier molecular flexibility index (Phi) is 11.3. The summed E-state index contributed by atoms with van der Waals surface area (Å²) in [6, 6.07) is 10.7. The number of halogens is 1. The zero-order valence-electron chi connectivity index (χ0n) is 21.3. The molecule has 0 radical (unpaired) electrons. The fraction of sp³-hybridized carbons (Fsp3) is 0.214. The second-order valence-corrected chi connectivity index (χ2v) is 8.91. The molecule has 0 heterocycles. The standard InChI is InChI=1S/C28H31IN2O5/c1-18(2)10-11-19(3)23(31-28(29)33)17-30-22-9-7-8-21(16-22)24(32)13-12-20-14-25(34-4)27(36-6)26(15-20)35-5/h7-17,30H,1-6H3,(H,31,33)/b13-12+,19-11+,23-17-. The molecular weight excluding hydrogens is 571 g/mol. The highest BCUT2D eigenvalue weighted by atomic mass is 127. The van der Waals surface area contributed by atoms with Crippen LogP contribution in [-0.2, 0) is 0 Å². The second-order valence-electron chi connectivity index (χ2n) is 7.93. The Labute approximate surface area is 226 Å². The van der Waals surface area contributed by atoms with Crippen LogP contribution in [0.15, 0.2) is 77.7 Å². The lowest BCUT2D eigenvalue weighted by molar-refractivity contribution is 0.104. The molecule has 8 heteroatoms. The monoisotopic (exact) mass is 602 g/mol. The van der Waals surface area contributed by atoms with E-state index < -0.39 is 0 Å². The number of nitrogens with one attached hydrogen (secondary N) is 2. The molecule has 0 aliphatic heterocycles. The van der Waals surface area contributed by atoms with Crippen molar-refractivity contribution in [2.24, 2.45) is 0 Å². The number of amides is 1. The van der Waals surface area contributed by atoms with Crippen molar-refractivity contribution in [3.8, 4) is 17.2 Å². The van der Waals surface area contributed by atoms with E-state index in [0.29, 0.717) is 34.2 Å². The minimum atomic E-state index is -0.202. The van der Waals surface area contributed by atoms with Crippen LogP contribution >= 0.6 is 22.6 Å². The Bertz CT molecular complexity index is 1200. The van der Waals surface area contributed by atoms with Crippen LogP contribution in [0.2, 0.25) is 0 Å². The zero-order valence-corrected chi connectivity index (χ0v) is 23.4. The maximum atomic E-state index is 12.9. The van der Waals surface area contributed by atoms with Gasteiger partial charge in [-0.3, -0.25) is 9.59 Å². The summed E-state index contributed by atoms with van der Waals surface area (Å²) in [5.74, 6) is 1.33. The number of ether oxygens (including phenoxy) is 3. The second kappa shape index (κ2) is 14.1. The summed E-state index contributed by atoms with van der Waals surface area (Å²) in [6.07, 6.45) is 8.80. The first-order valence-electron chi connectivity index (χ1n) is 11.1. The summed E-state index contributed by atoms with van der Waals surface area (Å²) in [5, 5.41) is 5.98. The number of rotatable bonds is 11. The Morgan fingerprint density at radius 3 is 2.14 bits per heavy atom. The highest BCUT2D eigenvalue weighted by Gasteiger charge is 2.12. The predicted molar refractivity (Wildman–Crippen MR) is 153 cm³/mol. The fourth-order valence-electron chi connectivity index (χ4n) is 3.12.